The summed E-state index contributed by atoms with van der Waals surface area (Å²) in [7, 11) is 0. The third kappa shape index (κ3) is 5.22. The number of hydrogen-bond acceptors (Lipinski definition) is 6. The van der Waals surface area contributed by atoms with Gasteiger partial charge in [-0.1, -0.05) is 49.0 Å². The van der Waals surface area contributed by atoms with Crippen LogP contribution in [0.5, 0.6) is 5.75 Å². The van der Waals surface area contributed by atoms with Crippen molar-refractivity contribution in [2.75, 3.05) is 16.4 Å². The fourth-order valence-corrected chi connectivity index (χ4v) is 4.42. The molecular weight excluding hydrogens is 434 g/mol. The Morgan fingerprint density at radius 1 is 1.21 bits per heavy atom. The fraction of sp³-hybridized carbons (Fsp3) is 0.320. The lowest BCUT2D eigenvalue weighted by molar-refractivity contribution is -0.113. The average Bonchev–Trinajstić information content (AvgIpc) is 3.19. The van der Waals surface area contributed by atoms with Gasteiger partial charge in [0.25, 0.3) is 5.91 Å². The summed E-state index contributed by atoms with van der Waals surface area (Å²) >= 11 is 1.61. The Morgan fingerprint density at radius 2 is 2.00 bits per heavy atom. The maximum atomic E-state index is 13.5. The van der Waals surface area contributed by atoms with Crippen LogP contribution >= 0.6 is 11.8 Å². The number of aromatic nitrogens is 3. The van der Waals surface area contributed by atoms with Crippen molar-refractivity contribution >= 4 is 29.3 Å². The quantitative estimate of drug-likeness (QED) is 0.430. The van der Waals surface area contributed by atoms with Crippen LogP contribution in [0.15, 0.2) is 71.0 Å². The number of hydrogen-bond donors (Lipinski definition) is 2. The zero-order valence-electron chi connectivity index (χ0n) is 19.3. The molecule has 0 saturated heterocycles. The standard InChI is InChI=1S/C25H29N5O2S/c1-5-14-33-25-28-24-26-17(4)21(23(31)27-19-11-7-6-8-12-19)22(30(24)29-25)18-10-9-13-20(15-18)32-16(2)3/h6-13,15-16,22H,5,14H2,1-4H3,(H,27,31)(H,26,28,29). The molecule has 7 nitrogen and oxygen atoms in total. The summed E-state index contributed by atoms with van der Waals surface area (Å²) < 4.78 is 7.73. The second-order valence-corrected chi connectivity index (χ2v) is 9.20. The van der Waals surface area contributed by atoms with Crippen molar-refractivity contribution in [1.29, 1.82) is 0 Å². The van der Waals surface area contributed by atoms with E-state index in [9.17, 15) is 4.79 Å². The molecule has 2 heterocycles. The van der Waals surface area contributed by atoms with Crippen LogP contribution in [0.4, 0.5) is 11.6 Å². The summed E-state index contributed by atoms with van der Waals surface area (Å²) in [6.45, 7) is 8.01. The Bertz CT molecular complexity index is 1160. The summed E-state index contributed by atoms with van der Waals surface area (Å²) in [5.41, 5.74) is 2.98. The van der Waals surface area contributed by atoms with E-state index < -0.39 is 6.04 Å². The van der Waals surface area contributed by atoms with Gasteiger partial charge >= 0.3 is 0 Å². The Kier molecular flexibility index (Phi) is 7.03. The maximum absolute atomic E-state index is 13.5. The number of para-hydroxylation sites is 1. The molecule has 8 heteroatoms. The van der Waals surface area contributed by atoms with E-state index in [1.54, 1.807) is 16.4 Å². The average molecular weight is 464 g/mol. The Hall–Kier alpha value is -3.26. The van der Waals surface area contributed by atoms with Gasteiger partial charge in [-0.15, -0.1) is 5.10 Å². The van der Waals surface area contributed by atoms with Gasteiger partial charge in [0.05, 0.1) is 11.7 Å². The number of nitrogens with one attached hydrogen (secondary N) is 2. The number of fused-ring (bicyclic) bond motifs is 1. The van der Waals surface area contributed by atoms with Crippen molar-refractivity contribution in [3.05, 3.63) is 71.4 Å². The maximum Gasteiger partial charge on any atom is 0.255 e. The predicted octanol–water partition coefficient (Wildman–Crippen LogP) is 5.50. The summed E-state index contributed by atoms with van der Waals surface area (Å²) in [5.74, 6) is 2.13. The van der Waals surface area contributed by atoms with Gasteiger partial charge in [-0.25, -0.2) is 4.68 Å². The van der Waals surface area contributed by atoms with Crippen molar-refractivity contribution in [3.63, 3.8) is 0 Å². The lowest BCUT2D eigenvalue weighted by Gasteiger charge is -2.29. The zero-order chi connectivity index (χ0) is 23.4. The molecule has 0 fully saturated rings. The number of benzene rings is 2. The van der Waals surface area contributed by atoms with Crippen LogP contribution in [0, 0.1) is 0 Å². The molecular formula is C25H29N5O2S. The van der Waals surface area contributed by atoms with Crippen LogP contribution in [0.3, 0.4) is 0 Å². The second-order valence-electron chi connectivity index (χ2n) is 8.14. The van der Waals surface area contributed by atoms with E-state index in [1.165, 1.54) is 0 Å². The molecule has 0 aliphatic carbocycles. The number of anilines is 2. The summed E-state index contributed by atoms with van der Waals surface area (Å²) in [6, 6.07) is 16.9. The third-order valence-corrected chi connectivity index (χ3v) is 6.13. The molecule has 1 aliphatic rings. The minimum atomic E-state index is -0.441. The predicted molar refractivity (Wildman–Crippen MR) is 133 cm³/mol. The van der Waals surface area contributed by atoms with Crippen LogP contribution in [-0.4, -0.2) is 32.5 Å². The van der Waals surface area contributed by atoms with E-state index in [1.807, 2.05) is 75.4 Å². The Labute approximate surface area is 198 Å². The van der Waals surface area contributed by atoms with E-state index in [0.29, 0.717) is 16.7 Å². The molecule has 1 amide bonds. The highest BCUT2D eigenvalue weighted by molar-refractivity contribution is 7.99. The van der Waals surface area contributed by atoms with Gasteiger partial charge in [0.15, 0.2) is 0 Å². The van der Waals surface area contributed by atoms with Crippen molar-refractivity contribution in [2.24, 2.45) is 0 Å². The molecule has 1 unspecified atom stereocenters. The minimum Gasteiger partial charge on any atom is -0.491 e. The molecule has 0 bridgehead atoms. The van der Waals surface area contributed by atoms with Gasteiger partial charge < -0.3 is 15.4 Å². The molecule has 1 atom stereocenters. The lowest BCUT2D eigenvalue weighted by Crippen LogP contribution is -2.31. The van der Waals surface area contributed by atoms with Crippen LogP contribution in [0.25, 0.3) is 0 Å². The monoisotopic (exact) mass is 463 g/mol. The molecule has 33 heavy (non-hydrogen) atoms. The molecule has 2 aromatic carbocycles. The van der Waals surface area contributed by atoms with Gasteiger partial charge in [-0.2, -0.15) is 4.98 Å². The van der Waals surface area contributed by atoms with E-state index >= 15 is 0 Å². The number of ether oxygens (including phenoxy) is 1. The van der Waals surface area contributed by atoms with Gasteiger partial charge in [-0.05, 0) is 57.0 Å². The molecule has 1 aliphatic heterocycles. The molecule has 2 N–H and O–H groups in total. The minimum absolute atomic E-state index is 0.0466. The number of amides is 1. The van der Waals surface area contributed by atoms with E-state index in [4.69, 9.17) is 9.84 Å². The fourth-order valence-electron chi connectivity index (χ4n) is 3.74. The second kappa shape index (κ2) is 10.1. The molecule has 0 saturated carbocycles. The highest BCUT2D eigenvalue weighted by atomic mass is 32.2. The number of nitrogens with zero attached hydrogens (tertiary/aromatic N) is 3. The molecule has 3 aromatic rings. The topological polar surface area (TPSA) is 81.1 Å². The Morgan fingerprint density at radius 3 is 2.73 bits per heavy atom. The highest BCUT2D eigenvalue weighted by Gasteiger charge is 2.34. The van der Waals surface area contributed by atoms with Gasteiger partial charge in [0.1, 0.15) is 11.8 Å². The summed E-state index contributed by atoms with van der Waals surface area (Å²) in [5, 5.41) is 11.8. The van der Waals surface area contributed by atoms with Crippen molar-refractivity contribution in [3.8, 4) is 5.75 Å². The zero-order valence-corrected chi connectivity index (χ0v) is 20.1. The van der Waals surface area contributed by atoms with E-state index in [2.05, 4.69) is 22.5 Å². The largest absolute Gasteiger partial charge is 0.491 e. The van der Waals surface area contributed by atoms with E-state index in [0.717, 1.165) is 34.9 Å². The van der Waals surface area contributed by atoms with Crippen LogP contribution in [0.2, 0.25) is 0 Å². The van der Waals surface area contributed by atoms with Crippen LogP contribution in [-0.2, 0) is 4.79 Å². The molecule has 1 aromatic heterocycles. The number of carbonyl (C=O) groups excluding carboxylic acids is 1. The Balaban J connectivity index is 1.77. The molecule has 0 spiro atoms. The van der Waals surface area contributed by atoms with Crippen LogP contribution < -0.4 is 15.4 Å². The number of thioether (sulfide) groups is 1. The normalized spacial score (nSPS) is 15.2. The number of allylic oxidation sites excluding steroid dienone is 1. The number of rotatable bonds is 8. The van der Waals surface area contributed by atoms with Crippen molar-refractivity contribution in [1.82, 2.24) is 14.8 Å². The highest BCUT2D eigenvalue weighted by Crippen LogP contribution is 2.37. The van der Waals surface area contributed by atoms with Crippen molar-refractivity contribution in [2.45, 2.75) is 51.4 Å². The third-order valence-electron chi connectivity index (χ3n) is 5.09. The molecule has 0 radical (unpaired) electrons. The van der Waals surface area contributed by atoms with Gasteiger partial charge in [0, 0.05) is 17.1 Å². The van der Waals surface area contributed by atoms with Crippen LogP contribution in [0.1, 0.15) is 45.7 Å². The first-order valence-corrected chi connectivity index (χ1v) is 12.1. The van der Waals surface area contributed by atoms with Crippen molar-refractivity contribution < 1.29 is 9.53 Å². The van der Waals surface area contributed by atoms with Gasteiger partial charge in [0.2, 0.25) is 11.1 Å². The molecule has 172 valence electrons. The molecule has 4 rings (SSSR count). The summed E-state index contributed by atoms with van der Waals surface area (Å²) in [6.07, 6.45) is 1.08. The SMILES string of the molecule is CCCSc1nc2n(n1)C(c1cccc(OC(C)C)c1)C(C(=O)Nc1ccccc1)=C(C)N2. The number of carbonyl (C=O) groups is 1. The van der Waals surface area contributed by atoms with Gasteiger partial charge in [-0.3, -0.25) is 4.79 Å². The summed E-state index contributed by atoms with van der Waals surface area (Å²) in [4.78, 5) is 18.2. The lowest BCUT2D eigenvalue weighted by atomic mass is 9.95. The first-order valence-electron chi connectivity index (χ1n) is 11.2. The first-order chi connectivity index (χ1) is 16.0. The van der Waals surface area contributed by atoms with E-state index in [-0.39, 0.29) is 12.0 Å². The first kappa shape index (κ1) is 22.9. The smallest absolute Gasteiger partial charge is 0.255 e.